The molecule has 1 heterocycles. The molecule has 0 aliphatic carbocycles. The van der Waals surface area contributed by atoms with Crippen molar-refractivity contribution in [2.45, 2.75) is 12.8 Å². The maximum atomic E-state index is 11.3. The maximum Gasteiger partial charge on any atom is 0.289 e. The molecular weight excluding hydrogens is 182 g/mol. The summed E-state index contributed by atoms with van der Waals surface area (Å²) in [6.45, 7) is 1.47. The van der Waals surface area contributed by atoms with E-state index in [2.05, 4.69) is 11.2 Å². The summed E-state index contributed by atoms with van der Waals surface area (Å²) >= 11 is 0. The van der Waals surface area contributed by atoms with Crippen LogP contribution in [0.15, 0.2) is 12.0 Å². The summed E-state index contributed by atoms with van der Waals surface area (Å²) in [5.74, 6) is 2.48. The van der Waals surface area contributed by atoms with Crippen molar-refractivity contribution >= 4 is 5.91 Å². The zero-order valence-corrected chi connectivity index (χ0v) is 7.91. The molecule has 0 spiro atoms. The molecular formula is C10H13NO3. The topological polar surface area (TPSA) is 47.6 Å². The molecule has 0 aromatic rings. The Morgan fingerprint density at radius 3 is 3.14 bits per heavy atom. The third kappa shape index (κ3) is 3.40. The lowest BCUT2D eigenvalue weighted by molar-refractivity contribution is -0.122. The quantitative estimate of drug-likeness (QED) is 0.522. The molecule has 14 heavy (non-hydrogen) atoms. The smallest absolute Gasteiger partial charge is 0.289 e. The second kappa shape index (κ2) is 5.92. The minimum Gasteiger partial charge on any atom is -0.494 e. The number of unbranched alkanes of at least 4 members (excludes halogenated alkanes) is 1. The molecule has 0 radical (unpaired) electrons. The molecule has 1 rings (SSSR count). The largest absolute Gasteiger partial charge is 0.494 e. The Bertz CT molecular complexity index is 265. The molecule has 1 N–H and O–H groups in total. The summed E-state index contributed by atoms with van der Waals surface area (Å²) in [4.78, 5) is 11.3. The van der Waals surface area contributed by atoms with Gasteiger partial charge in [-0.3, -0.25) is 4.79 Å². The van der Waals surface area contributed by atoms with Gasteiger partial charge in [0.15, 0.2) is 0 Å². The lowest BCUT2D eigenvalue weighted by Crippen LogP contribution is -2.29. The Morgan fingerprint density at radius 1 is 1.64 bits per heavy atom. The monoisotopic (exact) mass is 195 g/mol. The Kier molecular flexibility index (Phi) is 4.42. The van der Waals surface area contributed by atoms with Gasteiger partial charge in [0, 0.05) is 13.0 Å². The van der Waals surface area contributed by atoms with Gasteiger partial charge in [-0.1, -0.05) is 0 Å². The van der Waals surface area contributed by atoms with Crippen LogP contribution in [0, 0.1) is 12.3 Å². The average Bonchev–Trinajstić information content (AvgIpc) is 2.25. The number of amides is 1. The molecule has 76 valence electrons. The van der Waals surface area contributed by atoms with Crippen LogP contribution in [-0.2, 0) is 14.3 Å². The lowest BCUT2D eigenvalue weighted by Gasteiger charge is -2.14. The highest BCUT2D eigenvalue weighted by Crippen LogP contribution is 2.03. The molecule has 4 heteroatoms. The molecule has 0 aromatic carbocycles. The predicted molar refractivity (Wildman–Crippen MR) is 51.1 cm³/mol. The first-order valence-corrected chi connectivity index (χ1v) is 4.51. The SMILES string of the molecule is C#CCCCNC(=O)C1=COCCO1. The second-order valence-corrected chi connectivity index (χ2v) is 2.76. The van der Waals surface area contributed by atoms with Gasteiger partial charge in [0.1, 0.15) is 19.5 Å². The van der Waals surface area contributed by atoms with Crippen LogP contribution < -0.4 is 5.32 Å². The van der Waals surface area contributed by atoms with Crippen LogP contribution in [0.25, 0.3) is 0 Å². The van der Waals surface area contributed by atoms with E-state index in [9.17, 15) is 4.79 Å². The molecule has 0 atom stereocenters. The molecule has 0 aromatic heterocycles. The molecule has 0 unspecified atom stereocenters. The number of carbonyl (C=O) groups excluding carboxylic acids is 1. The van der Waals surface area contributed by atoms with Crippen LogP contribution in [0.4, 0.5) is 0 Å². The van der Waals surface area contributed by atoms with Crippen LogP contribution in [0.3, 0.4) is 0 Å². The molecule has 0 saturated heterocycles. The van der Waals surface area contributed by atoms with Gasteiger partial charge in [-0.2, -0.15) is 0 Å². The van der Waals surface area contributed by atoms with Crippen molar-refractivity contribution < 1.29 is 14.3 Å². The summed E-state index contributed by atoms with van der Waals surface area (Å²) < 4.78 is 10.0. The van der Waals surface area contributed by atoms with Gasteiger partial charge in [-0.15, -0.1) is 12.3 Å². The average molecular weight is 195 g/mol. The highest BCUT2D eigenvalue weighted by molar-refractivity contribution is 5.91. The fraction of sp³-hybridized carbons (Fsp3) is 0.500. The van der Waals surface area contributed by atoms with Crippen molar-refractivity contribution in [2.75, 3.05) is 19.8 Å². The standard InChI is InChI=1S/C10H13NO3/c1-2-3-4-5-11-10(12)9-8-13-6-7-14-9/h1,8H,3-7H2,(H,11,12). The normalized spacial score (nSPS) is 14.4. The van der Waals surface area contributed by atoms with E-state index in [0.29, 0.717) is 26.2 Å². The minimum atomic E-state index is -0.248. The number of nitrogens with one attached hydrogen (secondary N) is 1. The second-order valence-electron chi connectivity index (χ2n) is 2.76. The van der Waals surface area contributed by atoms with E-state index in [-0.39, 0.29) is 11.7 Å². The zero-order chi connectivity index (χ0) is 10.2. The van der Waals surface area contributed by atoms with E-state index in [1.54, 1.807) is 0 Å². The number of hydrogen-bond acceptors (Lipinski definition) is 3. The molecule has 1 aliphatic heterocycles. The van der Waals surface area contributed by atoms with Gasteiger partial charge in [-0.05, 0) is 6.42 Å². The van der Waals surface area contributed by atoms with Crippen LogP contribution in [0.2, 0.25) is 0 Å². The molecule has 4 nitrogen and oxygen atoms in total. The summed E-state index contributed by atoms with van der Waals surface area (Å²) in [7, 11) is 0. The zero-order valence-electron chi connectivity index (χ0n) is 7.91. The van der Waals surface area contributed by atoms with Gasteiger partial charge in [0.25, 0.3) is 5.91 Å². The number of carbonyl (C=O) groups is 1. The number of ether oxygens (including phenoxy) is 2. The molecule has 0 saturated carbocycles. The predicted octanol–water partition coefficient (Wildman–Crippen LogP) is 0.404. The lowest BCUT2D eigenvalue weighted by atomic mass is 10.3. The van der Waals surface area contributed by atoms with Crippen molar-refractivity contribution in [3.05, 3.63) is 12.0 Å². The van der Waals surface area contributed by atoms with E-state index in [1.807, 2.05) is 0 Å². The van der Waals surface area contributed by atoms with Crippen molar-refractivity contribution in [1.29, 1.82) is 0 Å². The van der Waals surface area contributed by atoms with Gasteiger partial charge >= 0.3 is 0 Å². The van der Waals surface area contributed by atoms with Crippen LogP contribution >= 0.6 is 0 Å². The van der Waals surface area contributed by atoms with Crippen molar-refractivity contribution in [3.63, 3.8) is 0 Å². The summed E-state index contributed by atoms with van der Waals surface area (Å²) in [5.41, 5.74) is 0. The summed E-state index contributed by atoms with van der Waals surface area (Å²) in [5, 5.41) is 2.68. The molecule has 1 amide bonds. The fourth-order valence-electron chi connectivity index (χ4n) is 0.967. The third-order valence-corrected chi connectivity index (χ3v) is 1.66. The number of rotatable bonds is 4. The van der Waals surface area contributed by atoms with Crippen LogP contribution in [0.5, 0.6) is 0 Å². The van der Waals surface area contributed by atoms with E-state index >= 15 is 0 Å². The molecule has 1 aliphatic rings. The number of hydrogen-bond donors (Lipinski definition) is 1. The first-order chi connectivity index (χ1) is 6.84. The van der Waals surface area contributed by atoms with E-state index in [1.165, 1.54) is 6.26 Å². The van der Waals surface area contributed by atoms with Gasteiger partial charge in [-0.25, -0.2) is 0 Å². The van der Waals surface area contributed by atoms with E-state index in [0.717, 1.165) is 6.42 Å². The van der Waals surface area contributed by atoms with Crippen molar-refractivity contribution in [2.24, 2.45) is 0 Å². The Hall–Kier alpha value is -1.63. The Labute approximate surface area is 83.3 Å². The molecule has 0 fully saturated rings. The minimum absolute atomic E-state index is 0.233. The fourth-order valence-corrected chi connectivity index (χ4v) is 0.967. The first-order valence-electron chi connectivity index (χ1n) is 4.51. The van der Waals surface area contributed by atoms with Crippen LogP contribution in [0.1, 0.15) is 12.8 Å². The van der Waals surface area contributed by atoms with E-state index < -0.39 is 0 Å². The highest BCUT2D eigenvalue weighted by atomic mass is 16.6. The number of terminal acetylenes is 1. The Balaban J connectivity index is 2.21. The first kappa shape index (κ1) is 10.5. The third-order valence-electron chi connectivity index (χ3n) is 1.66. The highest BCUT2D eigenvalue weighted by Gasteiger charge is 2.13. The van der Waals surface area contributed by atoms with Gasteiger partial charge < -0.3 is 14.8 Å². The summed E-state index contributed by atoms with van der Waals surface area (Å²) in [6.07, 6.45) is 7.84. The Morgan fingerprint density at radius 2 is 2.50 bits per heavy atom. The van der Waals surface area contributed by atoms with Crippen LogP contribution in [-0.4, -0.2) is 25.7 Å². The van der Waals surface area contributed by atoms with Crippen molar-refractivity contribution in [3.8, 4) is 12.3 Å². The summed E-state index contributed by atoms with van der Waals surface area (Å²) in [6, 6.07) is 0. The van der Waals surface area contributed by atoms with E-state index in [4.69, 9.17) is 15.9 Å². The molecule has 0 bridgehead atoms. The maximum absolute atomic E-state index is 11.3. The van der Waals surface area contributed by atoms with Gasteiger partial charge in [0.2, 0.25) is 5.76 Å². The van der Waals surface area contributed by atoms with Crippen molar-refractivity contribution in [1.82, 2.24) is 5.32 Å². The van der Waals surface area contributed by atoms with Gasteiger partial charge in [0.05, 0.1) is 0 Å².